The zero-order valence-electron chi connectivity index (χ0n) is 11.0. The van der Waals surface area contributed by atoms with Crippen molar-refractivity contribution < 1.29 is 13.2 Å². The lowest BCUT2D eigenvalue weighted by molar-refractivity contribution is 0.413. The quantitative estimate of drug-likeness (QED) is 0.837. The molecule has 1 heterocycles. The largest absolute Gasteiger partial charge is 0.497 e. The van der Waals surface area contributed by atoms with Gasteiger partial charge >= 0.3 is 0 Å². The summed E-state index contributed by atoms with van der Waals surface area (Å²) >= 11 is 0. The summed E-state index contributed by atoms with van der Waals surface area (Å²) < 4.78 is 28.9. The van der Waals surface area contributed by atoms with Gasteiger partial charge in [-0.3, -0.25) is 4.98 Å². The number of nitrogens with zero attached hydrogens (tertiary/aromatic N) is 1. The maximum Gasteiger partial charge on any atom is 0.156 e. The first-order valence-corrected chi connectivity index (χ1v) is 7.62. The predicted octanol–water partition coefficient (Wildman–Crippen LogP) is 1.05. The molecule has 0 aliphatic carbocycles. The van der Waals surface area contributed by atoms with Crippen molar-refractivity contribution in [2.24, 2.45) is 5.73 Å². The number of hydrogen-bond donors (Lipinski definition) is 1. The number of ether oxygens (including phenoxy) is 1. The molecule has 0 aliphatic heterocycles. The molecule has 1 rings (SSSR count). The number of methoxy groups -OCH3 is 1. The van der Waals surface area contributed by atoms with Gasteiger partial charge in [0.15, 0.2) is 9.84 Å². The van der Waals surface area contributed by atoms with Crippen molar-refractivity contribution in [3.63, 3.8) is 0 Å². The third-order valence-corrected chi connectivity index (χ3v) is 4.06. The van der Waals surface area contributed by atoms with Gasteiger partial charge in [-0.1, -0.05) is 0 Å². The van der Waals surface area contributed by atoms with Gasteiger partial charge in [0, 0.05) is 23.9 Å². The van der Waals surface area contributed by atoms with Crippen molar-refractivity contribution >= 4 is 9.84 Å². The van der Waals surface area contributed by atoms with Crippen molar-refractivity contribution in [2.75, 3.05) is 12.9 Å². The Balaban J connectivity index is 2.80. The molecule has 0 aromatic carbocycles. The Morgan fingerprint density at radius 2 is 2.11 bits per heavy atom. The first kappa shape index (κ1) is 14.9. The van der Waals surface area contributed by atoms with Gasteiger partial charge in [-0.25, -0.2) is 8.42 Å². The van der Waals surface area contributed by atoms with Crippen molar-refractivity contribution in [3.05, 3.63) is 23.5 Å². The minimum atomic E-state index is -3.17. The minimum absolute atomic E-state index is 0.0717. The number of aryl methyl sites for hydroxylation is 1. The molecular weight excluding hydrogens is 252 g/mol. The van der Waals surface area contributed by atoms with E-state index in [1.807, 2.05) is 0 Å². The summed E-state index contributed by atoms with van der Waals surface area (Å²) in [6.07, 6.45) is 0.464. The maximum atomic E-state index is 11.9. The molecule has 0 saturated carbocycles. The van der Waals surface area contributed by atoms with Crippen LogP contribution < -0.4 is 10.5 Å². The van der Waals surface area contributed by atoms with E-state index < -0.39 is 9.84 Å². The van der Waals surface area contributed by atoms with Crippen LogP contribution in [0.1, 0.15) is 24.7 Å². The summed E-state index contributed by atoms with van der Waals surface area (Å²) in [6.45, 7) is 3.60. The van der Waals surface area contributed by atoms with Gasteiger partial charge in [-0.2, -0.15) is 0 Å². The zero-order chi connectivity index (χ0) is 13.8. The Kier molecular flexibility index (Phi) is 5.10. The summed E-state index contributed by atoms with van der Waals surface area (Å²) in [4.78, 5) is 4.20. The highest BCUT2D eigenvalue weighted by atomic mass is 32.2. The van der Waals surface area contributed by atoms with Gasteiger partial charge in [0.25, 0.3) is 0 Å². The molecule has 1 atom stereocenters. The van der Waals surface area contributed by atoms with Crippen LogP contribution in [0, 0.1) is 6.92 Å². The van der Waals surface area contributed by atoms with Crippen LogP contribution in [0.2, 0.25) is 0 Å². The molecule has 1 aromatic heterocycles. The highest BCUT2D eigenvalue weighted by molar-refractivity contribution is 7.90. The van der Waals surface area contributed by atoms with Crippen molar-refractivity contribution in [1.82, 2.24) is 4.98 Å². The van der Waals surface area contributed by atoms with Crippen molar-refractivity contribution in [3.8, 4) is 5.75 Å². The molecule has 0 bridgehead atoms. The molecule has 6 heteroatoms. The Labute approximate surface area is 108 Å². The molecule has 0 fully saturated rings. The molecule has 0 amide bonds. The third-order valence-electron chi connectivity index (χ3n) is 2.47. The normalized spacial score (nSPS) is 13.3. The van der Waals surface area contributed by atoms with E-state index in [9.17, 15) is 8.42 Å². The fourth-order valence-electron chi connectivity index (χ4n) is 1.56. The van der Waals surface area contributed by atoms with Crippen LogP contribution in [-0.4, -0.2) is 32.3 Å². The second-order valence-corrected chi connectivity index (χ2v) is 6.68. The highest BCUT2D eigenvalue weighted by Gasteiger charge is 2.14. The van der Waals surface area contributed by atoms with E-state index in [0.717, 1.165) is 5.69 Å². The summed E-state index contributed by atoms with van der Waals surface area (Å²) in [5.41, 5.74) is 6.82. The molecule has 2 N–H and O–H groups in total. The van der Waals surface area contributed by atoms with E-state index in [-0.39, 0.29) is 17.5 Å². The standard InChI is InChI=1S/C12H20N2O3S/c1-9(13)4-5-18(15,16)8-11-7-12(17-3)6-10(2)14-11/h6-7,9H,4-5,8,13H2,1-3H3. The molecule has 1 aromatic rings. The molecular formula is C12H20N2O3S. The van der Waals surface area contributed by atoms with E-state index in [1.54, 1.807) is 33.1 Å². The van der Waals surface area contributed by atoms with Gasteiger partial charge in [0.05, 0.1) is 24.3 Å². The van der Waals surface area contributed by atoms with Gasteiger partial charge in [0.1, 0.15) is 5.75 Å². The number of nitrogens with two attached hydrogens (primary N) is 1. The molecule has 0 aliphatic rings. The molecule has 0 radical (unpaired) electrons. The topological polar surface area (TPSA) is 82.3 Å². The van der Waals surface area contributed by atoms with E-state index >= 15 is 0 Å². The van der Waals surface area contributed by atoms with Crippen LogP contribution in [0.4, 0.5) is 0 Å². The number of rotatable bonds is 6. The Bertz CT molecular complexity index is 498. The first-order valence-electron chi connectivity index (χ1n) is 5.80. The van der Waals surface area contributed by atoms with Gasteiger partial charge in [-0.05, 0) is 20.3 Å². The van der Waals surface area contributed by atoms with E-state index in [4.69, 9.17) is 10.5 Å². The van der Waals surface area contributed by atoms with E-state index in [1.165, 1.54) is 0 Å². The molecule has 102 valence electrons. The second-order valence-electron chi connectivity index (χ2n) is 4.50. The lowest BCUT2D eigenvalue weighted by Crippen LogP contribution is -2.21. The average molecular weight is 272 g/mol. The zero-order valence-corrected chi connectivity index (χ0v) is 11.8. The molecule has 1 unspecified atom stereocenters. The van der Waals surface area contributed by atoms with Gasteiger partial charge in [-0.15, -0.1) is 0 Å². The van der Waals surface area contributed by atoms with Crippen LogP contribution in [0.25, 0.3) is 0 Å². The maximum absolute atomic E-state index is 11.9. The molecule has 0 saturated heterocycles. The fraction of sp³-hybridized carbons (Fsp3) is 0.583. The minimum Gasteiger partial charge on any atom is -0.497 e. The van der Waals surface area contributed by atoms with Gasteiger partial charge in [0.2, 0.25) is 0 Å². The summed E-state index contributed by atoms with van der Waals surface area (Å²) in [7, 11) is -1.62. The van der Waals surface area contributed by atoms with Crippen molar-refractivity contribution in [1.29, 1.82) is 0 Å². The SMILES string of the molecule is COc1cc(C)nc(CS(=O)(=O)CCC(C)N)c1. The summed E-state index contributed by atoms with van der Waals surface area (Å²) in [5, 5.41) is 0. The van der Waals surface area contributed by atoms with Crippen LogP contribution >= 0.6 is 0 Å². The number of sulfone groups is 1. The summed E-state index contributed by atoms with van der Waals surface area (Å²) in [6, 6.07) is 3.30. The second kappa shape index (κ2) is 6.15. The highest BCUT2D eigenvalue weighted by Crippen LogP contribution is 2.15. The average Bonchev–Trinajstić information content (AvgIpc) is 2.25. The van der Waals surface area contributed by atoms with E-state index in [2.05, 4.69) is 4.98 Å². The van der Waals surface area contributed by atoms with E-state index in [0.29, 0.717) is 17.9 Å². The van der Waals surface area contributed by atoms with Crippen LogP contribution in [-0.2, 0) is 15.6 Å². The lowest BCUT2D eigenvalue weighted by Gasteiger charge is -2.08. The Morgan fingerprint density at radius 3 is 2.67 bits per heavy atom. The van der Waals surface area contributed by atoms with Crippen LogP contribution in [0.5, 0.6) is 5.75 Å². The summed E-state index contributed by atoms with van der Waals surface area (Å²) in [5.74, 6) is 0.639. The fourth-order valence-corrected chi connectivity index (χ4v) is 3.03. The molecule has 5 nitrogen and oxygen atoms in total. The smallest absolute Gasteiger partial charge is 0.156 e. The Hall–Kier alpha value is -1.14. The number of pyridine rings is 1. The lowest BCUT2D eigenvalue weighted by atomic mass is 10.3. The molecule has 18 heavy (non-hydrogen) atoms. The molecule has 0 spiro atoms. The van der Waals surface area contributed by atoms with Crippen LogP contribution in [0.15, 0.2) is 12.1 Å². The predicted molar refractivity (Wildman–Crippen MR) is 71.3 cm³/mol. The number of hydrogen-bond acceptors (Lipinski definition) is 5. The Morgan fingerprint density at radius 1 is 1.44 bits per heavy atom. The monoisotopic (exact) mass is 272 g/mol. The first-order chi connectivity index (χ1) is 8.32. The number of aromatic nitrogens is 1. The third kappa shape index (κ3) is 5.01. The van der Waals surface area contributed by atoms with Crippen LogP contribution in [0.3, 0.4) is 0 Å². The van der Waals surface area contributed by atoms with Crippen molar-refractivity contribution in [2.45, 2.75) is 32.1 Å². The van der Waals surface area contributed by atoms with Gasteiger partial charge < -0.3 is 10.5 Å².